The standard InChI is InChI=1S/C16H18BrNO/c1-11(2)13-4-3-5-15(8-13)19-16-7-12(10-18)6-14(17)9-16/h3-9,11H,10,18H2,1-2H3. The summed E-state index contributed by atoms with van der Waals surface area (Å²) in [6, 6.07) is 14.1. The molecule has 2 nitrogen and oxygen atoms in total. The molecule has 0 fully saturated rings. The molecule has 0 amide bonds. The Labute approximate surface area is 122 Å². The van der Waals surface area contributed by atoms with E-state index in [2.05, 4.69) is 41.9 Å². The van der Waals surface area contributed by atoms with E-state index >= 15 is 0 Å². The van der Waals surface area contributed by atoms with Crippen LogP contribution in [0, 0.1) is 0 Å². The van der Waals surface area contributed by atoms with Crippen LogP contribution in [0.5, 0.6) is 11.5 Å². The largest absolute Gasteiger partial charge is 0.457 e. The molecule has 0 aliphatic heterocycles. The van der Waals surface area contributed by atoms with Crippen molar-refractivity contribution >= 4 is 15.9 Å². The van der Waals surface area contributed by atoms with Gasteiger partial charge in [0, 0.05) is 11.0 Å². The molecule has 0 bridgehead atoms. The van der Waals surface area contributed by atoms with Gasteiger partial charge in [0.25, 0.3) is 0 Å². The quantitative estimate of drug-likeness (QED) is 0.876. The van der Waals surface area contributed by atoms with Crippen LogP contribution in [-0.2, 0) is 6.54 Å². The first-order valence-corrected chi connectivity index (χ1v) is 7.15. The molecule has 0 saturated heterocycles. The SMILES string of the molecule is CC(C)c1cccc(Oc2cc(Br)cc(CN)c2)c1. The Hall–Kier alpha value is -1.32. The second-order valence-corrected chi connectivity index (χ2v) is 5.74. The normalized spacial score (nSPS) is 10.8. The molecule has 0 aromatic heterocycles. The summed E-state index contributed by atoms with van der Waals surface area (Å²) in [5, 5.41) is 0. The lowest BCUT2D eigenvalue weighted by Gasteiger charge is -2.11. The van der Waals surface area contributed by atoms with E-state index in [0.29, 0.717) is 12.5 Å². The van der Waals surface area contributed by atoms with Crippen LogP contribution in [0.3, 0.4) is 0 Å². The minimum Gasteiger partial charge on any atom is -0.457 e. The molecular weight excluding hydrogens is 302 g/mol. The zero-order valence-corrected chi connectivity index (χ0v) is 12.8. The lowest BCUT2D eigenvalue weighted by molar-refractivity contribution is 0.480. The molecule has 0 saturated carbocycles. The molecule has 2 aromatic carbocycles. The van der Waals surface area contributed by atoms with Crippen molar-refractivity contribution in [2.24, 2.45) is 5.73 Å². The van der Waals surface area contributed by atoms with Crippen molar-refractivity contribution in [3.05, 3.63) is 58.1 Å². The maximum atomic E-state index is 5.91. The van der Waals surface area contributed by atoms with Gasteiger partial charge in [-0.15, -0.1) is 0 Å². The maximum absolute atomic E-state index is 5.91. The number of hydrogen-bond acceptors (Lipinski definition) is 2. The average Bonchev–Trinajstić information content (AvgIpc) is 2.38. The first-order valence-electron chi connectivity index (χ1n) is 6.36. The van der Waals surface area contributed by atoms with Crippen LogP contribution in [0.2, 0.25) is 0 Å². The first kappa shape index (κ1) is 14.1. The lowest BCUT2D eigenvalue weighted by atomic mass is 10.0. The third kappa shape index (κ3) is 3.82. The molecule has 0 atom stereocenters. The molecule has 100 valence electrons. The molecule has 0 heterocycles. The average molecular weight is 320 g/mol. The van der Waals surface area contributed by atoms with Gasteiger partial charge in [-0.25, -0.2) is 0 Å². The fourth-order valence-electron chi connectivity index (χ4n) is 1.87. The Kier molecular flexibility index (Phi) is 4.61. The summed E-state index contributed by atoms with van der Waals surface area (Å²) in [6.07, 6.45) is 0. The van der Waals surface area contributed by atoms with E-state index in [-0.39, 0.29) is 0 Å². The summed E-state index contributed by atoms with van der Waals surface area (Å²) in [4.78, 5) is 0. The Morgan fingerprint density at radius 3 is 2.58 bits per heavy atom. The minimum atomic E-state index is 0.491. The minimum absolute atomic E-state index is 0.491. The van der Waals surface area contributed by atoms with E-state index in [1.165, 1.54) is 5.56 Å². The summed E-state index contributed by atoms with van der Waals surface area (Å²) >= 11 is 3.47. The fourth-order valence-corrected chi connectivity index (χ4v) is 2.39. The Morgan fingerprint density at radius 2 is 1.89 bits per heavy atom. The number of ether oxygens (including phenoxy) is 1. The predicted octanol–water partition coefficient (Wildman–Crippen LogP) is 4.82. The topological polar surface area (TPSA) is 35.2 Å². The highest BCUT2D eigenvalue weighted by molar-refractivity contribution is 9.10. The zero-order chi connectivity index (χ0) is 13.8. The van der Waals surface area contributed by atoms with Gasteiger partial charge >= 0.3 is 0 Å². The maximum Gasteiger partial charge on any atom is 0.128 e. The van der Waals surface area contributed by atoms with Crippen molar-refractivity contribution in [2.75, 3.05) is 0 Å². The van der Waals surface area contributed by atoms with Crippen LogP contribution >= 0.6 is 15.9 Å². The highest BCUT2D eigenvalue weighted by atomic mass is 79.9. The molecule has 0 radical (unpaired) electrons. The first-order chi connectivity index (χ1) is 9.08. The molecule has 0 spiro atoms. The highest BCUT2D eigenvalue weighted by Crippen LogP contribution is 2.28. The Morgan fingerprint density at radius 1 is 1.11 bits per heavy atom. The number of halogens is 1. The van der Waals surface area contributed by atoms with Gasteiger partial charge in [-0.05, 0) is 47.4 Å². The molecule has 0 aliphatic rings. The molecule has 3 heteroatoms. The number of rotatable bonds is 4. The second-order valence-electron chi connectivity index (χ2n) is 4.83. The van der Waals surface area contributed by atoms with Crippen LogP contribution in [0.15, 0.2) is 46.9 Å². The van der Waals surface area contributed by atoms with Crippen molar-refractivity contribution in [3.8, 4) is 11.5 Å². The van der Waals surface area contributed by atoms with E-state index in [1.54, 1.807) is 0 Å². The fraction of sp³-hybridized carbons (Fsp3) is 0.250. The molecule has 0 aliphatic carbocycles. The van der Waals surface area contributed by atoms with E-state index in [9.17, 15) is 0 Å². The highest BCUT2D eigenvalue weighted by Gasteiger charge is 2.04. The number of nitrogens with two attached hydrogens (primary N) is 1. The monoisotopic (exact) mass is 319 g/mol. The van der Waals surface area contributed by atoms with Gasteiger partial charge in [0.1, 0.15) is 11.5 Å². The van der Waals surface area contributed by atoms with Crippen LogP contribution in [0.1, 0.15) is 30.9 Å². The van der Waals surface area contributed by atoms with Gasteiger partial charge in [0.15, 0.2) is 0 Å². The summed E-state index contributed by atoms with van der Waals surface area (Å²) in [5.74, 6) is 2.15. The summed E-state index contributed by atoms with van der Waals surface area (Å²) in [5.41, 5.74) is 7.98. The van der Waals surface area contributed by atoms with Crippen molar-refractivity contribution in [1.82, 2.24) is 0 Å². The Bertz CT molecular complexity index is 566. The lowest BCUT2D eigenvalue weighted by Crippen LogP contribution is -1.97. The van der Waals surface area contributed by atoms with E-state index in [1.807, 2.05) is 30.3 Å². The van der Waals surface area contributed by atoms with Crippen LogP contribution in [0.25, 0.3) is 0 Å². The number of benzene rings is 2. The molecule has 19 heavy (non-hydrogen) atoms. The van der Waals surface area contributed by atoms with Crippen molar-refractivity contribution in [3.63, 3.8) is 0 Å². The van der Waals surface area contributed by atoms with Crippen LogP contribution in [0.4, 0.5) is 0 Å². The summed E-state index contributed by atoms with van der Waals surface area (Å²) in [7, 11) is 0. The third-order valence-electron chi connectivity index (χ3n) is 2.93. The Balaban J connectivity index is 2.25. The van der Waals surface area contributed by atoms with Gasteiger partial charge in [-0.3, -0.25) is 0 Å². The van der Waals surface area contributed by atoms with Gasteiger partial charge in [0.2, 0.25) is 0 Å². The van der Waals surface area contributed by atoms with Gasteiger partial charge in [-0.2, -0.15) is 0 Å². The van der Waals surface area contributed by atoms with Gasteiger partial charge in [-0.1, -0.05) is 41.9 Å². The molecule has 0 unspecified atom stereocenters. The molecule has 2 N–H and O–H groups in total. The van der Waals surface area contributed by atoms with E-state index in [0.717, 1.165) is 21.5 Å². The third-order valence-corrected chi connectivity index (χ3v) is 3.39. The second kappa shape index (κ2) is 6.22. The smallest absolute Gasteiger partial charge is 0.128 e. The van der Waals surface area contributed by atoms with Crippen LogP contribution < -0.4 is 10.5 Å². The van der Waals surface area contributed by atoms with E-state index < -0.39 is 0 Å². The van der Waals surface area contributed by atoms with Crippen molar-refractivity contribution < 1.29 is 4.74 Å². The summed E-state index contributed by atoms with van der Waals surface area (Å²) < 4.78 is 6.88. The number of hydrogen-bond donors (Lipinski definition) is 1. The van der Waals surface area contributed by atoms with E-state index in [4.69, 9.17) is 10.5 Å². The van der Waals surface area contributed by atoms with Gasteiger partial charge in [0.05, 0.1) is 0 Å². The van der Waals surface area contributed by atoms with Gasteiger partial charge < -0.3 is 10.5 Å². The van der Waals surface area contributed by atoms with Crippen molar-refractivity contribution in [1.29, 1.82) is 0 Å². The predicted molar refractivity (Wildman–Crippen MR) is 82.6 cm³/mol. The van der Waals surface area contributed by atoms with Crippen LogP contribution in [-0.4, -0.2) is 0 Å². The summed E-state index contributed by atoms with van der Waals surface area (Å²) in [6.45, 7) is 4.84. The van der Waals surface area contributed by atoms with Crippen molar-refractivity contribution in [2.45, 2.75) is 26.3 Å². The molecular formula is C16H18BrNO. The molecule has 2 aromatic rings. The zero-order valence-electron chi connectivity index (χ0n) is 11.2. The molecule has 2 rings (SSSR count).